The van der Waals surface area contributed by atoms with Crippen LogP contribution in [0.25, 0.3) is 10.9 Å². The molecule has 0 bridgehead atoms. The molecule has 0 atom stereocenters. The zero-order valence-electron chi connectivity index (χ0n) is 13.8. The molecule has 0 unspecified atom stereocenters. The van der Waals surface area contributed by atoms with Crippen molar-refractivity contribution in [1.29, 1.82) is 0 Å². The Bertz CT molecular complexity index is 1010. The van der Waals surface area contributed by atoms with Crippen molar-refractivity contribution in [3.05, 3.63) is 70.6 Å². The highest BCUT2D eigenvalue weighted by atomic mass is 35.5. The number of pyridine rings is 1. The van der Waals surface area contributed by atoms with E-state index in [1.165, 1.54) is 6.07 Å². The molecule has 0 aliphatic heterocycles. The van der Waals surface area contributed by atoms with Crippen molar-refractivity contribution in [1.82, 2.24) is 4.98 Å². The molecular weight excluding hydrogens is 359 g/mol. The van der Waals surface area contributed by atoms with Crippen molar-refractivity contribution in [2.75, 3.05) is 11.9 Å². The molecular formula is C19H14ClFN2O3. The Hall–Kier alpha value is -2.99. The van der Waals surface area contributed by atoms with Gasteiger partial charge in [-0.1, -0.05) is 17.7 Å². The Morgan fingerprint density at radius 3 is 2.73 bits per heavy atom. The number of fused-ring (bicyclic) bond motifs is 1. The van der Waals surface area contributed by atoms with Gasteiger partial charge in [-0.2, -0.15) is 0 Å². The molecule has 0 spiro atoms. The molecule has 0 aliphatic rings. The van der Waals surface area contributed by atoms with E-state index >= 15 is 0 Å². The first-order valence-electron chi connectivity index (χ1n) is 7.72. The van der Waals surface area contributed by atoms with Gasteiger partial charge >= 0.3 is 5.97 Å². The molecule has 3 aromatic rings. The Balaban J connectivity index is 1.61. The first-order chi connectivity index (χ1) is 12.4. The van der Waals surface area contributed by atoms with Gasteiger partial charge in [-0.3, -0.25) is 4.79 Å². The van der Waals surface area contributed by atoms with E-state index < -0.39 is 24.3 Å². The monoisotopic (exact) mass is 372 g/mol. The van der Waals surface area contributed by atoms with E-state index in [2.05, 4.69) is 10.3 Å². The maximum Gasteiger partial charge on any atom is 0.338 e. The van der Waals surface area contributed by atoms with E-state index in [1.54, 1.807) is 49.4 Å². The second-order valence-corrected chi connectivity index (χ2v) is 6.02. The number of rotatable bonds is 4. The number of aromatic nitrogens is 1. The standard InChI is InChI=1S/C19H14ClFN2O3/c1-11-2-5-14(9-15(11)21)22-18(24)10-26-19(25)13-3-6-16-12(8-13)4-7-17(20)23-16/h2-9H,10H2,1H3,(H,22,24). The Kier molecular flexibility index (Phi) is 5.14. The van der Waals surface area contributed by atoms with Crippen LogP contribution in [0.2, 0.25) is 5.15 Å². The van der Waals surface area contributed by atoms with Crippen LogP contribution in [0, 0.1) is 12.7 Å². The molecule has 0 aliphatic carbocycles. The summed E-state index contributed by atoms with van der Waals surface area (Å²) in [5, 5.41) is 3.56. The largest absolute Gasteiger partial charge is 0.452 e. The molecule has 26 heavy (non-hydrogen) atoms. The average Bonchev–Trinajstić information content (AvgIpc) is 2.62. The van der Waals surface area contributed by atoms with E-state index in [0.717, 1.165) is 5.39 Å². The number of aryl methyl sites for hydroxylation is 1. The molecule has 1 heterocycles. The fourth-order valence-corrected chi connectivity index (χ4v) is 2.46. The lowest BCUT2D eigenvalue weighted by Crippen LogP contribution is -2.21. The Morgan fingerprint density at radius 2 is 1.96 bits per heavy atom. The summed E-state index contributed by atoms with van der Waals surface area (Å²) in [7, 11) is 0. The zero-order chi connectivity index (χ0) is 18.7. The summed E-state index contributed by atoms with van der Waals surface area (Å²) in [6.07, 6.45) is 0. The minimum Gasteiger partial charge on any atom is -0.452 e. The molecule has 0 saturated carbocycles. The van der Waals surface area contributed by atoms with Gasteiger partial charge in [0.05, 0.1) is 11.1 Å². The van der Waals surface area contributed by atoms with Crippen LogP contribution < -0.4 is 5.32 Å². The Labute approximate surface area is 153 Å². The smallest absolute Gasteiger partial charge is 0.338 e. The number of halogens is 2. The van der Waals surface area contributed by atoms with Crippen molar-refractivity contribution in [3.8, 4) is 0 Å². The minimum absolute atomic E-state index is 0.288. The third-order valence-electron chi connectivity index (χ3n) is 3.68. The summed E-state index contributed by atoms with van der Waals surface area (Å²) < 4.78 is 18.5. The van der Waals surface area contributed by atoms with E-state index in [-0.39, 0.29) is 5.56 Å². The van der Waals surface area contributed by atoms with Gasteiger partial charge in [0, 0.05) is 11.1 Å². The summed E-state index contributed by atoms with van der Waals surface area (Å²) in [5.74, 6) is -1.63. The van der Waals surface area contributed by atoms with E-state index in [4.69, 9.17) is 16.3 Å². The molecule has 1 aromatic heterocycles. The molecule has 0 fully saturated rings. The normalized spacial score (nSPS) is 10.6. The number of amides is 1. The summed E-state index contributed by atoms with van der Waals surface area (Å²) in [5.41, 5.74) is 1.70. The van der Waals surface area contributed by atoms with Gasteiger partial charge in [-0.15, -0.1) is 0 Å². The van der Waals surface area contributed by atoms with E-state index in [9.17, 15) is 14.0 Å². The molecule has 0 saturated heterocycles. The van der Waals surface area contributed by atoms with Gasteiger partial charge < -0.3 is 10.1 Å². The average molecular weight is 373 g/mol. The van der Waals surface area contributed by atoms with Gasteiger partial charge in [-0.25, -0.2) is 14.2 Å². The number of esters is 1. The van der Waals surface area contributed by atoms with Crippen LogP contribution in [0.4, 0.5) is 10.1 Å². The van der Waals surface area contributed by atoms with E-state index in [1.807, 2.05) is 0 Å². The quantitative estimate of drug-likeness (QED) is 0.552. The second kappa shape index (κ2) is 7.49. The number of benzene rings is 2. The van der Waals surface area contributed by atoms with Crippen LogP contribution in [0.15, 0.2) is 48.5 Å². The van der Waals surface area contributed by atoms with Crippen molar-refractivity contribution in [3.63, 3.8) is 0 Å². The molecule has 132 valence electrons. The maximum absolute atomic E-state index is 13.5. The summed E-state index contributed by atoms with van der Waals surface area (Å²) in [6.45, 7) is 1.14. The van der Waals surface area contributed by atoms with Gasteiger partial charge in [0.1, 0.15) is 11.0 Å². The number of ether oxygens (including phenoxy) is 1. The lowest BCUT2D eigenvalue weighted by atomic mass is 10.1. The summed E-state index contributed by atoms with van der Waals surface area (Å²) in [4.78, 5) is 28.1. The van der Waals surface area contributed by atoms with Crippen LogP contribution in [-0.2, 0) is 9.53 Å². The molecule has 5 nitrogen and oxygen atoms in total. The van der Waals surface area contributed by atoms with Gasteiger partial charge in [0.15, 0.2) is 6.61 Å². The van der Waals surface area contributed by atoms with Gasteiger partial charge in [0.25, 0.3) is 5.91 Å². The molecule has 2 aromatic carbocycles. The highest BCUT2D eigenvalue weighted by molar-refractivity contribution is 6.29. The number of nitrogens with one attached hydrogen (secondary N) is 1. The minimum atomic E-state index is -0.646. The molecule has 3 rings (SSSR count). The number of hydrogen-bond donors (Lipinski definition) is 1. The first-order valence-corrected chi connectivity index (χ1v) is 8.09. The second-order valence-electron chi connectivity index (χ2n) is 5.63. The summed E-state index contributed by atoms with van der Waals surface area (Å²) in [6, 6.07) is 12.5. The molecule has 7 heteroatoms. The lowest BCUT2D eigenvalue weighted by Gasteiger charge is -2.08. The van der Waals surface area contributed by atoms with Crippen LogP contribution in [0.5, 0.6) is 0 Å². The lowest BCUT2D eigenvalue weighted by molar-refractivity contribution is -0.119. The SMILES string of the molecule is Cc1ccc(NC(=O)COC(=O)c2ccc3nc(Cl)ccc3c2)cc1F. The van der Waals surface area contributed by atoms with Crippen LogP contribution in [-0.4, -0.2) is 23.5 Å². The predicted octanol–water partition coefficient (Wildman–Crippen LogP) is 4.13. The van der Waals surface area contributed by atoms with Crippen LogP contribution >= 0.6 is 11.6 Å². The number of carbonyl (C=O) groups is 2. The number of anilines is 1. The van der Waals surface area contributed by atoms with Gasteiger partial charge in [0.2, 0.25) is 0 Å². The van der Waals surface area contributed by atoms with Crippen LogP contribution in [0.1, 0.15) is 15.9 Å². The highest BCUT2D eigenvalue weighted by Crippen LogP contribution is 2.18. The number of carbonyl (C=O) groups excluding carboxylic acids is 2. The fraction of sp³-hybridized carbons (Fsp3) is 0.105. The Morgan fingerprint density at radius 1 is 1.15 bits per heavy atom. The molecule has 0 radical (unpaired) electrons. The van der Waals surface area contributed by atoms with Gasteiger partial charge in [-0.05, 0) is 55.0 Å². The van der Waals surface area contributed by atoms with Crippen molar-refractivity contribution in [2.24, 2.45) is 0 Å². The number of nitrogens with zero attached hydrogens (tertiary/aromatic N) is 1. The molecule has 1 amide bonds. The maximum atomic E-state index is 13.5. The third kappa shape index (κ3) is 4.15. The number of hydrogen-bond acceptors (Lipinski definition) is 4. The third-order valence-corrected chi connectivity index (χ3v) is 3.89. The zero-order valence-corrected chi connectivity index (χ0v) is 14.5. The van der Waals surface area contributed by atoms with Crippen LogP contribution in [0.3, 0.4) is 0 Å². The van der Waals surface area contributed by atoms with Crippen molar-refractivity contribution in [2.45, 2.75) is 6.92 Å². The van der Waals surface area contributed by atoms with E-state index in [0.29, 0.717) is 21.9 Å². The van der Waals surface area contributed by atoms with Crippen molar-refractivity contribution >= 4 is 40.1 Å². The highest BCUT2D eigenvalue weighted by Gasteiger charge is 2.12. The topological polar surface area (TPSA) is 68.3 Å². The van der Waals surface area contributed by atoms with Crippen molar-refractivity contribution < 1.29 is 18.7 Å². The fourth-order valence-electron chi connectivity index (χ4n) is 2.31. The predicted molar refractivity (Wildman–Crippen MR) is 96.8 cm³/mol. The first kappa shape index (κ1) is 17.8. The molecule has 1 N–H and O–H groups in total. The summed E-state index contributed by atoms with van der Waals surface area (Å²) >= 11 is 5.82.